The SMILES string of the molecule is O=C(S)N1CCSCC1. The summed E-state index contributed by atoms with van der Waals surface area (Å²) in [6.07, 6.45) is 0. The van der Waals surface area contributed by atoms with Crippen molar-refractivity contribution in [3.63, 3.8) is 0 Å². The predicted octanol–water partition coefficient (Wildman–Crippen LogP) is 1.08. The van der Waals surface area contributed by atoms with Crippen LogP contribution in [0.1, 0.15) is 0 Å². The maximum atomic E-state index is 10.6. The van der Waals surface area contributed by atoms with Crippen LogP contribution in [-0.2, 0) is 0 Å². The van der Waals surface area contributed by atoms with Crippen LogP contribution >= 0.6 is 24.4 Å². The summed E-state index contributed by atoms with van der Waals surface area (Å²) in [4.78, 5) is 12.3. The lowest BCUT2D eigenvalue weighted by molar-refractivity contribution is 0.228. The second-order valence-corrected chi connectivity index (χ2v) is 3.49. The van der Waals surface area contributed by atoms with E-state index in [9.17, 15) is 4.79 Å². The Morgan fingerprint density at radius 1 is 1.44 bits per heavy atom. The first-order chi connectivity index (χ1) is 4.30. The van der Waals surface area contributed by atoms with Crippen LogP contribution < -0.4 is 0 Å². The predicted molar refractivity (Wildman–Crippen MR) is 43.3 cm³/mol. The van der Waals surface area contributed by atoms with Gasteiger partial charge in [0.2, 0.25) is 0 Å². The molecular weight excluding hydrogens is 154 g/mol. The Morgan fingerprint density at radius 3 is 2.33 bits per heavy atom. The Balaban J connectivity index is 2.31. The third kappa shape index (κ3) is 2.10. The molecule has 0 N–H and O–H groups in total. The largest absolute Gasteiger partial charge is 0.332 e. The van der Waals surface area contributed by atoms with Gasteiger partial charge in [-0.25, -0.2) is 0 Å². The highest BCUT2D eigenvalue weighted by Crippen LogP contribution is 2.10. The van der Waals surface area contributed by atoms with Gasteiger partial charge in [0.1, 0.15) is 0 Å². The highest BCUT2D eigenvalue weighted by atomic mass is 32.2. The van der Waals surface area contributed by atoms with E-state index in [1.54, 1.807) is 4.90 Å². The quantitative estimate of drug-likeness (QED) is 0.539. The highest BCUT2D eigenvalue weighted by molar-refractivity contribution is 7.99. The van der Waals surface area contributed by atoms with Gasteiger partial charge in [0.05, 0.1) is 0 Å². The van der Waals surface area contributed by atoms with E-state index in [1.807, 2.05) is 11.8 Å². The van der Waals surface area contributed by atoms with Gasteiger partial charge in [-0.1, -0.05) is 12.6 Å². The van der Waals surface area contributed by atoms with Gasteiger partial charge in [-0.2, -0.15) is 11.8 Å². The van der Waals surface area contributed by atoms with Gasteiger partial charge in [0.15, 0.2) is 0 Å². The van der Waals surface area contributed by atoms with Gasteiger partial charge < -0.3 is 4.90 Å². The molecule has 0 aromatic rings. The fourth-order valence-electron chi connectivity index (χ4n) is 0.755. The molecule has 1 amide bonds. The van der Waals surface area contributed by atoms with Gasteiger partial charge in [-0.15, -0.1) is 0 Å². The van der Waals surface area contributed by atoms with Crippen molar-refractivity contribution in [2.45, 2.75) is 0 Å². The van der Waals surface area contributed by atoms with E-state index in [0.29, 0.717) is 0 Å². The van der Waals surface area contributed by atoms with Gasteiger partial charge in [-0.05, 0) is 0 Å². The Labute approximate surface area is 64.4 Å². The molecule has 1 aliphatic heterocycles. The van der Waals surface area contributed by atoms with Crippen LogP contribution in [0, 0.1) is 0 Å². The summed E-state index contributed by atoms with van der Waals surface area (Å²) < 4.78 is 0. The lowest BCUT2D eigenvalue weighted by Gasteiger charge is -2.23. The van der Waals surface area contributed by atoms with E-state index in [4.69, 9.17) is 0 Å². The minimum atomic E-state index is -0.0877. The van der Waals surface area contributed by atoms with Gasteiger partial charge in [0, 0.05) is 24.6 Å². The Morgan fingerprint density at radius 2 is 2.00 bits per heavy atom. The molecule has 0 bridgehead atoms. The van der Waals surface area contributed by atoms with Crippen molar-refractivity contribution in [1.29, 1.82) is 0 Å². The molecule has 1 saturated heterocycles. The van der Waals surface area contributed by atoms with E-state index in [0.717, 1.165) is 24.6 Å². The van der Waals surface area contributed by atoms with Crippen LogP contribution in [0.5, 0.6) is 0 Å². The third-order valence-electron chi connectivity index (χ3n) is 1.28. The number of hydrogen-bond acceptors (Lipinski definition) is 2. The van der Waals surface area contributed by atoms with E-state index < -0.39 is 0 Å². The van der Waals surface area contributed by atoms with Crippen molar-refractivity contribution < 1.29 is 4.79 Å². The molecule has 0 aliphatic carbocycles. The fraction of sp³-hybridized carbons (Fsp3) is 0.800. The van der Waals surface area contributed by atoms with Crippen molar-refractivity contribution >= 4 is 29.6 Å². The number of thioether (sulfide) groups is 1. The average molecular weight is 163 g/mol. The third-order valence-corrected chi connectivity index (χ3v) is 2.51. The van der Waals surface area contributed by atoms with E-state index >= 15 is 0 Å². The average Bonchev–Trinajstić information content (AvgIpc) is 1.90. The second kappa shape index (κ2) is 3.37. The first-order valence-corrected chi connectivity index (χ1v) is 4.46. The monoisotopic (exact) mass is 163 g/mol. The minimum absolute atomic E-state index is 0.0877. The first-order valence-electron chi connectivity index (χ1n) is 2.86. The van der Waals surface area contributed by atoms with E-state index in [1.165, 1.54) is 0 Å². The molecule has 0 radical (unpaired) electrons. The topological polar surface area (TPSA) is 20.3 Å². The summed E-state index contributed by atoms with van der Waals surface area (Å²) in [5.41, 5.74) is 0. The van der Waals surface area contributed by atoms with Crippen molar-refractivity contribution in [1.82, 2.24) is 4.90 Å². The molecule has 2 nitrogen and oxygen atoms in total. The lowest BCUT2D eigenvalue weighted by atomic mass is 10.5. The van der Waals surface area contributed by atoms with Crippen LogP contribution in [0.25, 0.3) is 0 Å². The standard InChI is InChI=1S/C5H9NOS2/c7-5(8)6-1-3-9-4-2-6/h1-4H2,(H,7,8). The molecule has 0 spiro atoms. The minimum Gasteiger partial charge on any atom is -0.332 e. The molecule has 0 unspecified atom stereocenters. The fourth-order valence-corrected chi connectivity index (χ4v) is 1.86. The van der Waals surface area contributed by atoms with Crippen LogP contribution in [0.3, 0.4) is 0 Å². The zero-order valence-electron chi connectivity index (χ0n) is 5.04. The number of rotatable bonds is 0. The number of thiol groups is 1. The van der Waals surface area contributed by atoms with Gasteiger partial charge >= 0.3 is 0 Å². The van der Waals surface area contributed by atoms with Gasteiger partial charge in [0.25, 0.3) is 5.24 Å². The molecule has 1 fully saturated rings. The van der Waals surface area contributed by atoms with Crippen molar-refractivity contribution in [3.8, 4) is 0 Å². The summed E-state index contributed by atoms with van der Waals surface area (Å²) in [6.45, 7) is 1.74. The molecule has 0 aromatic carbocycles. The Kier molecular flexibility index (Phi) is 2.72. The van der Waals surface area contributed by atoms with Crippen molar-refractivity contribution in [3.05, 3.63) is 0 Å². The Hall–Kier alpha value is 0.170. The summed E-state index contributed by atoms with van der Waals surface area (Å²) in [6, 6.07) is 0. The van der Waals surface area contributed by atoms with Crippen LogP contribution in [0.4, 0.5) is 4.79 Å². The second-order valence-electron chi connectivity index (χ2n) is 1.88. The number of carbonyl (C=O) groups excluding carboxylic acids is 1. The smallest absolute Gasteiger partial charge is 0.278 e. The molecule has 0 saturated carbocycles. The number of amides is 1. The van der Waals surface area contributed by atoms with Crippen LogP contribution in [0.15, 0.2) is 0 Å². The van der Waals surface area contributed by atoms with Crippen molar-refractivity contribution in [2.75, 3.05) is 24.6 Å². The number of hydrogen-bond donors (Lipinski definition) is 1. The van der Waals surface area contributed by atoms with Crippen molar-refractivity contribution in [2.24, 2.45) is 0 Å². The molecule has 0 aromatic heterocycles. The van der Waals surface area contributed by atoms with E-state index in [-0.39, 0.29) is 5.24 Å². The molecule has 52 valence electrons. The molecule has 9 heavy (non-hydrogen) atoms. The highest BCUT2D eigenvalue weighted by Gasteiger charge is 2.12. The van der Waals surface area contributed by atoms with Gasteiger partial charge in [-0.3, -0.25) is 4.79 Å². The molecule has 1 aliphatic rings. The summed E-state index contributed by atoms with van der Waals surface area (Å²) in [5.74, 6) is 2.12. The summed E-state index contributed by atoms with van der Waals surface area (Å²) >= 11 is 5.61. The zero-order valence-corrected chi connectivity index (χ0v) is 6.75. The maximum absolute atomic E-state index is 10.6. The Bertz CT molecular complexity index is 112. The summed E-state index contributed by atoms with van der Waals surface area (Å²) in [5, 5.41) is -0.0877. The molecule has 1 rings (SSSR count). The first kappa shape index (κ1) is 7.28. The van der Waals surface area contributed by atoms with Crippen LogP contribution in [-0.4, -0.2) is 34.7 Å². The zero-order chi connectivity index (χ0) is 6.69. The maximum Gasteiger partial charge on any atom is 0.278 e. The number of nitrogens with zero attached hydrogens (tertiary/aromatic N) is 1. The lowest BCUT2D eigenvalue weighted by Crippen LogP contribution is -2.34. The van der Waals surface area contributed by atoms with E-state index in [2.05, 4.69) is 12.6 Å². The number of carbonyl (C=O) groups is 1. The molecule has 4 heteroatoms. The molecule has 1 heterocycles. The van der Waals surface area contributed by atoms with Crippen LogP contribution in [0.2, 0.25) is 0 Å². The normalized spacial score (nSPS) is 19.9. The molecule has 0 atom stereocenters. The molecular formula is C5H9NOS2. The summed E-state index contributed by atoms with van der Waals surface area (Å²) in [7, 11) is 0.